The van der Waals surface area contributed by atoms with Crippen molar-refractivity contribution in [2.45, 2.75) is 32.4 Å². The molecule has 0 heterocycles. The van der Waals surface area contributed by atoms with Crippen LogP contribution >= 0.6 is 23.2 Å². The molecule has 0 fully saturated rings. The monoisotopic (exact) mass is 582 g/mol. The molecule has 2 atom stereocenters. The number of benzene rings is 3. The van der Waals surface area contributed by atoms with Gasteiger partial charge in [-0.3, -0.25) is 9.59 Å². The van der Waals surface area contributed by atoms with Crippen LogP contribution in [0.15, 0.2) is 71.8 Å². The summed E-state index contributed by atoms with van der Waals surface area (Å²) in [6.07, 6.45) is 0.707. The Bertz CT molecular complexity index is 1380. The number of carbonyl (C=O) groups excluding carboxylic acids is 2. The molecule has 0 saturated heterocycles. The summed E-state index contributed by atoms with van der Waals surface area (Å²) in [5, 5.41) is 16.2. The van der Waals surface area contributed by atoms with Crippen LogP contribution in [0.5, 0.6) is 17.2 Å². The van der Waals surface area contributed by atoms with Crippen molar-refractivity contribution in [2.24, 2.45) is 5.10 Å². The summed E-state index contributed by atoms with van der Waals surface area (Å²) in [6, 6.07) is 19.9. The van der Waals surface area contributed by atoms with Crippen LogP contribution in [0, 0.1) is 11.3 Å². The first-order valence-electron chi connectivity index (χ1n) is 12.4. The molecule has 0 bridgehead atoms. The summed E-state index contributed by atoms with van der Waals surface area (Å²) in [6.45, 7) is 3.66. The second kappa shape index (κ2) is 15.4. The normalized spacial score (nSPS) is 12.2. The fourth-order valence-corrected chi connectivity index (χ4v) is 3.97. The van der Waals surface area contributed by atoms with Crippen LogP contribution in [0.2, 0.25) is 10.0 Å². The van der Waals surface area contributed by atoms with E-state index in [4.69, 9.17) is 42.7 Å². The minimum atomic E-state index is -0.952. The van der Waals surface area contributed by atoms with E-state index >= 15 is 0 Å². The van der Waals surface area contributed by atoms with Gasteiger partial charge in [0, 0.05) is 11.4 Å². The molecule has 0 aliphatic carbocycles. The first kappa shape index (κ1) is 30.3. The van der Waals surface area contributed by atoms with Gasteiger partial charge in [-0.05, 0) is 61.4 Å². The summed E-state index contributed by atoms with van der Waals surface area (Å²) in [5.41, 5.74) is 3.95. The quantitative estimate of drug-likeness (QED) is 0.217. The van der Waals surface area contributed by atoms with E-state index in [0.717, 1.165) is 5.56 Å². The lowest BCUT2D eigenvalue weighted by molar-refractivity contribution is -0.132. The van der Waals surface area contributed by atoms with Gasteiger partial charge in [0.25, 0.3) is 11.8 Å². The summed E-state index contributed by atoms with van der Waals surface area (Å²) in [4.78, 5) is 26.1. The third-order valence-electron chi connectivity index (χ3n) is 5.43. The van der Waals surface area contributed by atoms with Gasteiger partial charge in [-0.1, -0.05) is 53.5 Å². The number of rotatable bonds is 13. The van der Waals surface area contributed by atoms with Crippen LogP contribution in [0.4, 0.5) is 0 Å². The van der Waals surface area contributed by atoms with Crippen LogP contribution in [0.3, 0.4) is 0 Å². The minimum Gasteiger partial charge on any atom is -0.490 e. The van der Waals surface area contributed by atoms with Crippen LogP contribution in [-0.4, -0.2) is 43.4 Å². The van der Waals surface area contributed by atoms with Gasteiger partial charge in [0.05, 0.1) is 17.8 Å². The molecule has 0 radical (unpaired) electrons. The van der Waals surface area contributed by atoms with Crippen molar-refractivity contribution in [2.75, 3.05) is 13.2 Å². The Morgan fingerprint density at radius 2 is 1.75 bits per heavy atom. The Kier molecular flexibility index (Phi) is 11.6. The topological polar surface area (TPSA) is 122 Å². The van der Waals surface area contributed by atoms with Crippen molar-refractivity contribution in [3.8, 4) is 23.3 Å². The van der Waals surface area contributed by atoms with Gasteiger partial charge in [-0.15, -0.1) is 0 Å². The summed E-state index contributed by atoms with van der Waals surface area (Å²) < 4.78 is 16.6. The first-order chi connectivity index (χ1) is 19.3. The van der Waals surface area contributed by atoms with E-state index < -0.39 is 24.0 Å². The van der Waals surface area contributed by atoms with E-state index in [1.807, 2.05) is 43.3 Å². The van der Waals surface area contributed by atoms with E-state index in [9.17, 15) is 9.59 Å². The Labute approximate surface area is 242 Å². The van der Waals surface area contributed by atoms with E-state index in [2.05, 4.69) is 15.8 Å². The molecule has 2 N–H and O–H groups in total. The third-order valence-corrected chi connectivity index (χ3v) is 5.96. The van der Waals surface area contributed by atoms with E-state index in [0.29, 0.717) is 28.7 Å². The second-order valence-corrected chi connectivity index (χ2v) is 9.25. The predicted octanol–water partition coefficient (Wildman–Crippen LogP) is 4.94. The van der Waals surface area contributed by atoms with Gasteiger partial charge in [0.15, 0.2) is 24.2 Å². The number of hydrogen-bond donors (Lipinski definition) is 2. The number of ether oxygens (including phenoxy) is 3. The van der Waals surface area contributed by atoms with Crippen molar-refractivity contribution in [1.82, 2.24) is 10.7 Å². The van der Waals surface area contributed by atoms with Gasteiger partial charge in [0.1, 0.15) is 17.9 Å². The molecule has 0 unspecified atom stereocenters. The molecule has 3 aromatic rings. The molecule has 9 nitrogen and oxygen atoms in total. The zero-order valence-electron chi connectivity index (χ0n) is 21.9. The maximum atomic E-state index is 13.1. The molecule has 3 aromatic carbocycles. The zero-order valence-corrected chi connectivity index (χ0v) is 23.4. The Balaban J connectivity index is 1.70. The maximum absolute atomic E-state index is 13.1. The Morgan fingerprint density at radius 1 is 1.00 bits per heavy atom. The van der Waals surface area contributed by atoms with Gasteiger partial charge in [-0.25, -0.2) is 5.43 Å². The highest BCUT2D eigenvalue weighted by Gasteiger charge is 2.25. The SMILES string of the molecule is CCOc1cc(/C=N\NC(=O)[C@@H](Cc2ccccc2)NC(=O)[C@H](C)Oc2ccc(Cl)cc2Cl)ccc1OCC#N. The molecule has 2 amide bonds. The third kappa shape index (κ3) is 9.19. The smallest absolute Gasteiger partial charge is 0.262 e. The molecule has 0 spiro atoms. The number of hydrazone groups is 1. The van der Waals surface area contributed by atoms with Crippen molar-refractivity contribution in [3.05, 3.63) is 87.9 Å². The molecule has 0 saturated carbocycles. The maximum Gasteiger partial charge on any atom is 0.262 e. The fraction of sp³-hybridized carbons (Fsp3) is 0.241. The average molecular weight is 583 g/mol. The number of amides is 2. The van der Waals surface area contributed by atoms with Gasteiger partial charge >= 0.3 is 0 Å². The van der Waals surface area contributed by atoms with Gasteiger partial charge < -0.3 is 19.5 Å². The number of nitriles is 1. The summed E-state index contributed by atoms with van der Waals surface area (Å²) >= 11 is 12.1. The molecule has 0 aliphatic rings. The van der Waals surface area contributed by atoms with Crippen molar-refractivity contribution in [1.29, 1.82) is 5.26 Å². The number of hydrogen-bond acceptors (Lipinski definition) is 7. The summed E-state index contributed by atoms with van der Waals surface area (Å²) in [7, 11) is 0. The van der Waals surface area contributed by atoms with E-state index in [1.165, 1.54) is 12.3 Å². The number of nitrogens with one attached hydrogen (secondary N) is 2. The molecular formula is C29H28Cl2N4O5. The highest BCUT2D eigenvalue weighted by Crippen LogP contribution is 2.29. The van der Waals surface area contributed by atoms with Crippen molar-refractivity contribution < 1.29 is 23.8 Å². The van der Waals surface area contributed by atoms with E-state index in [1.54, 1.807) is 37.3 Å². The number of halogens is 2. The van der Waals surface area contributed by atoms with Crippen LogP contribution in [-0.2, 0) is 16.0 Å². The minimum absolute atomic E-state index is 0.117. The van der Waals surface area contributed by atoms with Gasteiger partial charge in [-0.2, -0.15) is 10.4 Å². The predicted molar refractivity (Wildman–Crippen MR) is 153 cm³/mol. The van der Waals surface area contributed by atoms with Gasteiger partial charge in [0.2, 0.25) is 0 Å². The lowest BCUT2D eigenvalue weighted by Gasteiger charge is -2.21. The zero-order chi connectivity index (χ0) is 28.9. The largest absolute Gasteiger partial charge is 0.490 e. The lowest BCUT2D eigenvalue weighted by Crippen LogP contribution is -2.50. The standard InChI is InChI=1S/C29H28Cl2N4O5/c1-3-38-27-16-21(9-11-26(27)39-14-13-32)18-33-35-29(37)24(15-20-7-5-4-6-8-20)34-28(36)19(2)40-25-12-10-22(30)17-23(25)31/h4-12,16-19,24H,3,14-15H2,1-2H3,(H,34,36)(H,35,37)/b33-18-/t19-,24+/m0/s1. The Morgan fingerprint density at radius 3 is 2.45 bits per heavy atom. The molecular weight excluding hydrogens is 555 g/mol. The molecule has 3 rings (SSSR count). The summed E-state index contributed by atoms with van der Waals surface area (Å²) in [5.74, 6) is 0.117. The molecule has 40 heavy (non-hydrogen) atoms. The number of carbonyl (C=O) groups is 2. The molecule has 208 valence electrons. The lowest BCUT2D eigenvalue weighted by atomic mass is 10.1. The highest BCUT2D eigenvalue weighted by atomic mass is 35.5. The molecule has 0 aliphatic heterocycles. The highest BCUT2D eigenvalue weighted by molar-refractivity contribution is 6.35. The fourth-order valence-electron chi connectivity index (χ4n) is 3.51. The first-order valence-corrected chi connectivity index (χ1v) is 13.1. The van der Waals surface area contributed by atoms with Crippen LogP contribution in [0.1, 0.15) is 25.0 Å². The van der Waals surface area contributed by atoms with Crippen molar-refractivity contribution >= 4 is 41.2 Å². The van der Waals surface area contributed by atoms with Crippen molar-refractivity contribution in [3.63, 3.8) is 0 Å². The second-order valence-electron chi connectivity index (χ2n) is 8.41. The Hall–Kier alpha value is -4.26. The van der Waals surface area contributed by atoms with E-state index in [-0.39, 0.29) is 23.8 Å². The van der Waals surface area contributed by atoms with Crippen LogP contribution in [0.25, 0.3) is 0 Å². The molecule has 0 aromatic heterocycles. The number of nitrogens with zero attached hydrogens (tertiary/aromatic N) is 2. The molecule has 11 heteroatoms. The van der Waals surface area contributed by atoms with Crippen LogP contribution < -0.4 is 25.0 Å². The average Bonchev–Trinajstić information content (AvgIpc) is 2.94.